The highest BCUT2D eigenvalue weighted by atomic mass is 79.9. The van der Waals surface area contributed by atoms with Gasteiger partial charge in [0, 0.05) is 5.56 Å². The van der Waals surface area contributed by atoms with Crippen molar-refractivity contribution >= 4 is 47.0 Å². The first-order chi connectivity index (χ1) is 8.21. The van der Waals surface area contributed by atoms with Gasteiger partial charge >= 0.3 is 0 Å². The van der Waals surface area contributed by atoms with Crippen LogP contribution in [0, 0.1) is 0 Å². The summed E-state index contributed by atoms with van der Waals surface area (Å²) < 4.78 is 7.04. The largest absolute Gasteiger partial charge is 0.542 e. The highest BCUT2D eigenvalue weighted by Gasteiger charge is 2.21. The number of benzene rings is 1. The van der Waals surface area contributed by atoms with Gasteiger partial charge in [0.15, 0.2) is 0 Å². The van der Waals surface area contributed by atoms with Crippen LogP contribution in [-0.2, 0) is 5.41 Å². The lowest BCUT2D eigenvalue weighted by molar-refractivity contribution is 0.519. The topological polar surface area (TPSA) is 9.23 Å². The molecule has 1 aromatic carbocycles. The Labute approximate surface area is 129 Å². The molecule has 0 saturated heterocycles. The molecule has 1 nitrogen and oxygen atoms in total. The fraction of sp³-hybridized carbons (Fsp3) is 0.429. The highest BCUT2D eigenvalue weighted by molar-refractivity contribution is 9.28. The second-order valence-electron chi connectivity index (χ2n) is 5.42. The Hall–Kier alpha value is -0.0631. The third-order valence-electron chi connectivity index (χ3n) is 2.42. The zero-order valence-corrected chi connectivity index (χ0v) is 15.6. The minimum Gasteiger partial charge on any atom is -0.542 e. The molecule has 18 heavy (non-hydrogen) atoms. The van der Waals surface area contributed by atoms with Gasteiger partial charge in [-0.05, 0) is 62.0 Å². The molecule has 0 aromatic heterocycles. The average molecular weight is 391 g/mol. The van der Waals surface area contributed by atoms with E-state index in [2.05, 4.69) is 83.9 Å². The van der Waals surface area contributed by atoms with E-state index in [4.69, 9.17) is 4.43 Å². The molecule has 0 amide bonds. The fourth-order valence-corrected chi connectivity index (χ4v) is 2.82. The minimum atomic E-state index is -0.786. The van der Waals surface area contributed by atoms with Crippen LogP contribution < -0.4 is 4.43 Å². The molecular weight excluding hydrogens is 372 g/mol. The van der Waals surface area contributed by atoms with Crippen molar-refractivity contribution in [2.24, 2.45) is 0 Å². The van der Waals surface area contributed by atoms with Crippen LogP contribution >= 0.6 is 31.9 Å². The maximum atomic E-state index is 6.12. The first kappa shape index (κ1) is 16.0. The van der Waals surface area contributed by atoms with Crippen molar-refractivity contribution in [3.8, 4) is 5.75 Å². The molecule has 0 spiro atoms. The zero-order valence-electron chi connectivity index (χ0n) is 11.5. The fourth-order valence-electron chi connectivity index (χ4n) is 1.69. The van der Waals surface area contributed by atoms with Crippen molar-refractivity contribution in [3.05, 3.63) is 32.7 Å². The van der Waals surface area contributed by atoms with E-state index in [1.165, 1.54) is 5.56 Å². The van der Waals surface area contributed by atoms with Gasteiger partial charge in [-0.3, -0.25) is 0 Å². The van der Waals surface area contributed by atoms with Gasteiger partial charge in [0.1, 0.15) is 5.75 Å². The summed E-state index contributed by atoms with van der Waals surface area (Å²) in [7, 11) is -0.786. The second-order valence-corrected chi connectivity index (χ2v) is 10.2. The average Bonchev–Trinajstić information content (AvgIpc) is 2.17. The lowest BCUT2D eigenvalue weighted by Crippen LogP contribution is -2.19. The van der Waals surface area contributed by atoms with Crippen LogP contribution in [0.1, 0.15) is 31.9 Å². The van der Waals surface area contributed by atoms with Gasteiger partial charge in [0.2, 0.25) is 0 Å². The summed E-state index contributed by atoms with van der Waals surface area (Å²) in [5.74, 6) is 1.01. The van der Waals surface area contributed by atoms with E-state index in [0.29, 0.717) is 0 Å². The number of halogens is 2. The molecule has 0 aliphatic rings. The van der Waals surface area contributed by atoms with Crippen LogP contribution in [0.5, 0.6) is 5.75 Å². The van der Waals surface area contributed by atoms with Gasteiger partial charge in [-0.1, -0.05) is 39.0 Å². The van der Waals surface area contributed by atoms with Gasteiger partial charge in [-0.15, -0.1) is 0 Å². The Bertz CT molecular complexity index is 444. The Morgan fingerprint density at radius 1 is 1.22 bits per heavy atom. The van der Waals surface area contributed by atoms with E-state index in [1.54, 1.807) is 0 Å². The molecule has 0 heterocycles. The molecule has 0 aliphatic carbocycles. The van der Waals surface area contributed by atoms with Gasteiger partial charge in [-0.2, -0.15) is 0 Å². The summed E-state index contributed by atoms with van der Waals surface area (Å²) in [4.78, 5) is 0. The van der Waals surface area contributed by atoms with Crippen molar-refractivity contribution in [2.45, 2.75) is 39.3 Å². The first-order valence-corrected chi connectivity index (χ1v) is 9.85. The summed E-state index contributed by atoms with van der Waals surface area (Å²) >= 11 is 6.83. The summed E-state index contributed by atoms with van der Waals surface area (Å²) in [6, 6.07) is 6.32. The molecule has 0 N–H and O–H groups in total. The normalized spacial score (nSPS) is 11.6. The van der Waals surface area contributed by atoms with Gasteiger partial charge < -0.3 is 4.43 Å². The van der Waals surface area contributed by atoms with Gasteiger partial charge in [-0.25, -0.2) is 0 Å². The summed E-state index contributed by atoms with van der Waals surface area (Å²) in [6.07, 6.45) is 2.04. The molecule has 4 heteroatoms. The van der Waals surface area contributed by atoms with Crippen molar-refractivity contribution in [3.63, 3.8) is 0 Å². The smallest absolute Gasteiger partial charge is 0.274 e. The van der Waals surface area contributed by atoms with E-state index in [1.807, 2.05) is 6.08 Å². The van der Waals surface area contributed by atoms with Crippen molar-refractivity contribution in [1.82, 2.24) is 0 Å². The predicted octanol–water partition coefficient (Wildman–Crippen LogP) is 5.70. The van der Waals surface area contributed by atoms with Crippen molar-refractivity contribution in [1.29, 1.82) is 0 Å². The third-order valence-corrected chi connectivity index (χ3v) is 3.49. The number of hydrogen-bond donors (Lipinski definition) is 0. The lowest BCUT2D eigenvalue weighted by Gasteiger charge is -2.25. The van der Waals surface area contributed by atoms with E-state index in [9.17, 15) is 0 Å². The zero-order chi connectivity index (χ0) is 13.9. The number of hydrogen-bond acceptors (Lipinski definition) is 1. The third kappa shape index (κ3) is 4.56. The second kappa shape index (κ2) is 6.39. The number of para-hydroxylation sites is 1. The molecule has 0 aliphatic heterocycles. The van der Waals surface area contributed by atoms with Crippen molar-refractivity contribution in [2.75, 3.05) is 0 Å². The van der Waals surface area contributed by atoms with Crippen LogP contribution in [-0.4, -0.2) is 9.04 Å². The van der Waals surface area contributed by atoms with E-state index < -0.39 is 9.04 Å². The quantitative estimate of drug-likeness (QED) is 0.601. The maximum Gasteiger partial charge on any atom is 0.274 e. The van der Waals surface area contributed by atoms with Gasteiger partial charge in [0.05, 0.1) is 3.39 Å². The maximum absolute atomic E-state index is 6.12. The molecule has 0 atom stereocenters. The molecule has 1 radical (unpaired) electrons. The summed E-state index contributed by atoms with van der Waals surface area (Å²) in [6.45, 7) is 10.9. The van der Waals surface area contributed by atoms with Crippen LogP contribution in [0.2, 0.25) is 13.1 Å². The van der Waals surface area contributed by atoms with Gasteiger partial charge in [0.25, 0.3) is 9.04 Å². The summed E-state index contributed by atoms with van der Waals surface area (Å²) in [5, 5.41) is 0. The van der Waals surface area contributed by atoms with Crippen molar-refractivity contribution < 1.29 is 4.43 Å². The van der Waals surface area contributed by atoms with Crippen LogP contribution in [0.4, 0.5) is 0 Å². The first-order valence-electron chi connectivity index (χ1n) is 5.86. The summed E-state index contributed by atoms with van der Waals surface area (Å²) in [5.41, 5.74) is 2.44. The predicted molar refractivity (Wildman–Crippen MR) is 89.1 cm³/mol. The van der Waals surface area contributed by atoms with E-state index in [-0.39, 0.29) is 5.41 Å². The van der Waals surface area contributed by atoms with Crippen LogP contribution in [0.15, 0.2) is 21.6 Å². The van der Waals surface area contributed by atoms with Crippen LogP contribution in [0.25, 0.3) is 6.08 Å². The Morgan fingerprint density at radius 3 is 2.28 bits per heavy atom. The molecule has 0 fully saturated rings. The molecule has 1 rings (SSSR count). The molecule has 0 bridgehead atoms. The molecule has 99 valence electrons. The molecule has 1 aromatic rings. The van der Waals surface area contributed by atoms with Crippen LogP contribution in [0.3, 0.4) is 0 Å². The Kier molecular flexibility index (Phi) is 5.68. The SMILES string of the molecule is C[Si](C)Oc1c(C=C(Br)Br)cccc1C(C)(C)C. The monoisotopic (exact) mass is 389 g/mol. The minimum absolute atomic E-state index is 0.0787. The molecular formula is C14H19Br2OSi. The van der Waals surface area contributed by atoms with E-state index in [0.717, 1.165) is 14.7 Å². The molecule has 0 unspecified atom stereocenters. The van der Waals surface area contributed by atoms with E-state index >= 15 is 0 Å². The lowest BCUT2D eigenvalue weighted by atomic mass is 9.85. The number of rotatable bonds is 3. The Balaban J connectivity index is 3.40. The highest BCUT2D eigenvalue weighted by Crippen LogP contribution is 2.36. The molecule has 0 saturated carbocycles. The Morgan fingerprint density at radius 2 is 1.83 bits per heavy atom. The standard InChI is InChI=1S/C14H19Br2OSi/c1-14(2,3)11-8-6-7-10(9-12(15)16)13(11)17-18(4)5/h6-9H,1-5H3.